The Labute approximate surface area is 80.7 Å². The van der Waals surface area contributed by atoms with Gasteiger partial charge in [0.25, 0.3) is 0 Å². The first kappa shape index (κ1) is 10.7. The molecule has 0 aromatic carbocycles. The standard InChI is InChI=1S/C11H20O2/c1-9-6-4-5-7-11(9,8-12)10(2)13-3/h8-10H,4-7H2,1-3H3. The Kier molecular flexibility index (Phi) is 3.48. The Morgan fingerprint density at radius 1 is 1.54 bits per heavy atom. The SMILES string of the molecule is COC(C)C1(C=O)CCCCC1C. The molecular weight excluding hydrogens is 164 g/mol. The summed E-state index contributed by atoms with van der Waals surface area (Å²) < 4.78 is 5.32. The zero-order valence-electron chi connectivity index (χ0n) is 8.88. The van der Waals surface area contributed by atoms with Crippen molar-refractivity contribution in [1.29, 1.82) is 0 Å². The van der Waals surface area contributed by atoms with Gasteiger partial charge >= 0.3 is 0 Å². The Balaban J connectivity index is 2.81. The van der Waals surface area contributed by atoms with Crippen LogP contribution >= 0.6 is 0 Å². The van der Waals surface area contributed by atoms with Crippen LogP contribution in [0.25, 0.3) is 0 Å². The summed E-state index contributed by atoms with van der Waals surface area (Å²) in [5.41, 5.74) is -0.215. The number of hydrogen-bond donors (Lipinski definition) is 0. The molecule has 0 aromatic rings. The quantitative estimate of drug-likeness (QED) is 0.630. The van der Waals surface area contributed by atoms with Gasteiger partial charge in [0.1, 0.15) is 6.29 Å². The summed E-state index contributed by atoms with van der Waals surface area (Å²) in [6.07, 6.45) is 5.76. The molecule has 0 radical (unpaired) electrons. The highest BCUT2D eigenvalue weighted by Crippen LogP contribution is 2.42. The van der Waals surface area contributed by atoms with Crippen molar-refractivity contribution in [2.45, 2.75) is 45.6 Å². The number of ether oxygens (including phenoxy) is 1. The molecule has 76 valence electrons. The molecule has 13 heavy (non-hydrogen) atoms. The van der Waals surface area contributed by atoms with E-state index in [0.717, 1.165) is 25.5 Å². The van der Waals surface area contributed by atoms with Gasteiger partial charge in [-0.3, -0.25) is 0 Å². The van der Waals surface area contributed by atoms with E-state index in [-0.39, 0.29) is 11.5 Å². The second kappa shape index (κ2) is 4.23. The van der Waals surface area contributed by atoms with Crippen LogP contribution in [0.3, 0.4) is 0 Å². The molecule has 1 aliphatic rings. The van der Waals surface area contributed by atoms with Crippen molar-refractivity contribution in [3.8, 4) is 0 Å². The van der Waals surface area contributed by atoms with E-state index in [1.807, 2.05) is 6.92 Å². The summed E-state index contributed by atoms with van der Waals surface area (Å²) in [5, 5.41) is 0. The van der Waals surface area contributed by atoms with Crippen LogP contribution in [0.5, 0.6) is 0 Å². The Bertz CT molecular complexity index is 173. The van der Waals surface area contributed by atoms with Crippen LogP contribution in [-0.4, -0.2) is 19.5 Å². The summed E-state index contributed by atoms with van der Waals surface area (Å²) in [5.74, 6) is 0.466. The molecule has 2 heteroatoms. The van der Waals surface area contributed by atoms with Crippen LogP contribution in [0.1, 0.15) is 39.5 Å². The van der Waals surface area contributed by atoms with Gasteiger partial charge in [0, 0.05) is 7.11 Å². The van der Waals surface area contributed by atoms with Crippen molar-refractivity contribution in [3.63, 3.8) is 0 Å². The first-order valence-corrected chi connectivity index (χ1v) is 5.16. The third kappa shape index (κ3) is 1.78. The van der Waals surface area contributed by atoms with Crippen LogP contribution < -0.4 is 0 Å². The molecule has 3 atom stereocenters. The predicted octanol–water partition coefficient (Wildman–Crippen LogP) is 2.42. The molecule has 0 spiro atoms. The third-order valence-electron chi connectivity index (χ3n) is 3.74. The maximum Gasteiger partial charge on any atom is 0.128 e. The van der Waals surface area contributed by atoms with Gasteiger partial charge in [-0.05, 0) is 25.7 Å². The lowest BCUT2D eigenvalue weighted by atomic mass is 9.65. The third-order valence-corrected chi connectivity index (χ3v) is 3.74. The normalized spacial score (nSPS) is 37.0. The highest BCUT2D eigenvalue weighted by molar-refractivity contribution is 5.61. The lowest BCUT2D eigenvalue weighted by Gasteiger charge is -2.41. The highest BCUT2D eigenvalue weighted by atomic mass is 16.5. The number of rotatable bonds is 3. The number of carbonyl (C=O) groups is 1. The van der Waals surface area contributed by atoms with E-state index in [9.17, 15) is 4.79 Å². The van der Waals surface area contributed by atoms with Gasteiger partial charge in [0.15, 0.2) is 0 Å². The summed E-state index contributed by atoms with van der Waals surface area (Å²) >= 11 is 0. The summed E-state index contributed by atoms with van der Waals surface area (Å²) in [6.45, 7) is 4.18. The van der Waals surface area contributed by atoms with Gasteiger partial charge in [0.2, 0.25) is 0 Å². The second-order valence-corrected chi connectivity index (χ2v) is 4.25. The van der Waals surface area contributed by atoms with E-state index in [2.05, 4.69) is 6.92 Å². The molecule has 1 fully saturated rings. The van der Waals surface area contributed by atoms with E-state index < -0.39 is 0 Å². The van der Waals surface area contributed by atoms with E-state index >= 15 is 0 Å². The lowest BCUT2D eigenvalue weighted by Crippen LogP contribution is -2.43. The van der Waals surface area contributed by atoms with E-state index in [0.29, 0.717) is 5.92 Å². The maximum absolute atomic E-state index is 11.2. The molecule has 0 aliphatic heterocycles. The maximum atomic E-state index is 11.2. The Morgan fingerprint density at radius 3 is 2.69 bits per heavy atom. The van der Waals surface area contributed by atoms with Crippen LogP contribution in [0.2, 0.25) is 0 Å². The fourth-order valence-corrected chi connectivity index (χ4v) is 2.49. The monoisotopic (exact) mass is 184 g/mol. The number of hydrogen-bond acceptors (Lipinski definition) is 2. The van der Waals surface area contributed by atoms with Gasteiger partial charge in [-0.25, -0.2) is 0 Å². The first-order valence-electron chi connectivity index (χ1n) is 5.16. The summed E-state index contributed by atoms with van der Waals surface area (Å²) in [7, 11) is 1.69. The molecule has 1 saturated carbocycles. The lowest BCUT2D eigenvalue weighted by molar-refractivity contribution is -0.132. The van der Waals surface area contributed by atoms with Crippen molar-refractivity contribution < 1.29 is 9.53 Å². The molecular formula is C11H20O2. The van der Waals surface area contributed by atoms with Crippen molar-refractivity contribution in [2.75, 3.05) is 7.11 Å². The molecule has 0 amide bonds. The van der Waals surface area contributed by atoms with Crippen LogP contribution in [-0.2, 0) is 9.53 Å². The van der Waals surface area contributed by atoms with Gasteiger partial charge in [-0.1, -0.05) is 19.8 Å². The van der Waals surface area contributed by atoms with Crippen molar-refractivity contribution >= 4 is 6.29 Å². The molecule has 0 N–H and O–H groups in total. The minimum atomic E-state index is -0.215. The molecule has 3 unspecified atom stereocenters. The van der Waals surface area contributed by atoms with Gasteiger partial charge in [-0.15, -0.1) is 0 Å². The van der Waals surface area contributed by atoms with Crippen molar-refractivity contribution in [3.05, 3.63) is 0 Å². The molecule has 1 rings (SSSR count). The molecule has 1 aliphatic carbocycles. The van der Waals surface area contributed by atoms with Gasteiger partial charge in [-0.2, -0.15) is 0 Å². The van der Waals surface area contributed by atoms with Crippen molar-refractivity contribution in [2.24, 2.45) is 11.3 Å². The van der Waals surface area contributed by atoms with Gasteiger partial charge in [0.05, 0.1) is 11.5 Å². The zero-order valence-corrected chi connectivity index (χ0v) is 8.88. The van der Waals surface area contributed by atoms with E-state index in [1.54, 1.807) is 7.11 Å². The summed E-state index contributed by atoms with van der Waals surface area (Å²) in [6, 6.07) is 0. The largest absolute Gasteiger partial charge is 0.381 e. The average molecular weight is 184 g/mol. The van der Waals surface area contributed by atoms with Crippen LogP contribution in [0, 0.1) is 11.3 Å². The fourth-order valence-electron chi connectivity index (χ4n) is 2.49. The Morgan fingerprint density at radius 2 is 2.23 bits per heavy atom. The minimum Gasteiger partial charge on any atom is -0.381 e. The minimum absolute atomic E-state index is 0.0558. The Hall–Kier alpha value is -0.370. The number of aldehydes is 1. The highest BCUT2D eigenvalue weighted by Gasteiger charge is 2.42. The molecule has 0 aromatic heterocycles. The van der Waals surface area contributed by atoms with Gasteiger partial charge < -0.3 is 9.53 Å². The zero-order chi connectivity index (χ0) is 9.90. The predicted molar refractivity (Wildman–Crippen MR) is 52.6 cm³/mol. The first-order chi connectivity index (χ1) is 6.17. The smallest absolute Gasteiger partial charge is 0.128 e. The number of methoxy groups -OCH3 is 1. The molecule has 0 bridgehead atoms. The molecule has 0 saturated heterocycles. The summed E-state index contributed by atoms with van der Waals surface area (Å²) in [4.78, 5) is 11.2. The van der Waals surface area contributed by atoms with Crippen LogP contribution in [0.4, 0.5) is 0 Å². The fraction of sp³-hybridized carbons (Fsp3) is 0.909. The van der Waals surface area contributed by atoms with Crippen LogP contribution in [0.15, 0.2) is 0 Å². The topological polar surface area (TPSA) is 26.3 Å². The second-order valence-electron chi connectivity index (χ2n) is 4.25. The van der Waals surface area contributed by atoms with Crippen molar-refractivity contribution in [1.82, 2.24) is 0 Å². The van der Waals surface area contributed by atoms with E-state index in [1.165, 1.54) is 6.42 Å². The number of carbonyl (C=O) groups excluding carboxylic acids is 1. The van der Waals surface area contributed by atoms with E-state index in [4.69, 9.17) is 4.74 Å². The molecule has 0 heterocycles. The average Bonchev–Trinajstić information content (AvgIpc) is 2.18. The molecule has 2 nitrogen and oxygen atoms in total.